The first-order valence-electron chi connectivity index (χ1n) is 10.4. The van der Waals surface area contributed by atoms with Crippen molar-refractivity contribution in [2.75, 3.05) is 51.2 Å². The number of carbonyl (C=O) groups is 1. The van der Waals surface area contributed by atoms with E-state index in [9.17, 15) is 4.79 Å². The zero-order valence-electron chi connectivity index (χ0n) is 16.8. The third-order valence-corrected chi connectivity index (χ3v) is 6.09. The van der Waals surface area contributed by atoms with Crippen molar-refractivity contribution in [3.8, 4) is 0 Å². The topological polar surface area (TPSA) is 39.7 Å². The molecule has 4 rings (SSSR count). The zero-order chi connectivity index (χ0) is 19.3. The summed E-state index contributed by atoms with van der Waals surface area (Å²) in [5.41, 5.74) is 2.19. The molecule has 148 valence electrons. The number of anilines is 1. The summed E-state index contributed by atoms with van der Waals surface area (Å²) in [6.07, 6.45) is 5.29. The van der Waals surface area contributed by atoms with Gasteiger partial charge in [0.2, 0.25) is 0 Å². The lowest BCUT2D eigenvalue weighted by molar-refractivity contribution is 0.0664. The Morgan fingerprint density at radius 3 is 2.43 bits per heavy atom. The van der Waals surface area contributed by atoms with E-state index in [0.717, 1.165) is 63.0 Å². The van der Waals surface area contributed by atoms with Gasteiger partial charge in [-0.15, -0.1) is 0 Å². The van der Waals surface area contributed by atoms with E-state index in [1.807, 2.05) is 17.0 Å². The lowest BCUT2D eigenvalue weighted by Gasteiger charge is -2.34. The Hall–Kier alpha value is -2.40. The van der Waals surface area contributed by atoms with Crippen LogP contribution < -0.4 is 4.90 Å². The third kappa shape index (κ3) is 4.53. The fraction of sp³-hybridized carbons (Fsp3) is 0.478. The summed E-state index contributed by atoms with van der Waals surface area (Å²) >= 11 is 0. The van der Waals surface area contributed by atoms with Crippen LogP contribution in [0.5, 0.6) is 0 Å². The molecule has 0 radical (unpaired) electrons. The number of carbonyl (C=O) groups excluding carboxylic acids is 1. The molecule has 1 aromatic heterocycles. The van der Waals surface area contributed by atoms with Crippen LogP contribution in [-0.4, -0.2) is 67.0 Å². The normalized spacial score (nSPS) is 19.0. The SMILES string of the molecule is CN1CCN(C(=O)c2ccnc(N3CCC(Cc4ccccc4)CC3)c2)CC1. The first-order valence-corrected chi connectivity index (χ1v) is 10.4. The van der Waals surface area contributed by atoms with Crippen molar-refractivity contribution in [2.45, 2.75) is 19.3 Å². The van der Waals surface area contributed by atoms with Crippen molar-refractivity contribution >= 4 is 11.7 Å². The van der Waals surface area contributed by atoms with Crippen molar-refractivity contribution in [1.82, 2.24) is 14.8 Å². The van der Waals surface area contributed by atoms with E-state index in [1.165, 1.54) is 18.4 Å². The highest BCUT2D eigenvalue weighted by molar-refractivity contribution is 5.95. The highest BCUT2D eigenvalue weighted by Gasteiger charge is 2.23. The molecule has 2 aliphatic heterocycles. The highest BCUT2D eigenvalue weighted by Crippen LogP contribution is 2.25. The number of hydrogen-bond donors (Lipinski definition) is 0. The largest absolute Gasteiger partial charge is 0.357 e. The van der Waals surface area contributed by atoms with Crippen LogP contribution in [0.15, 0.2) is 48.7 Å². The van der Waals surface area contributed by atoms with E-state index < -0.39 is 0 Å². The Balaban J connectivity index is 1.35. The minimum absolute atomic E-state index is 0.135. The van der Waals surface area contributed by atoms with E-state index in [0.29, 0.717) is 0 Å². The van der Waals surface area contributed by atoms with Crippen LogP contribution in [0.4, 0.5) is 5.82 Å². The highest BCUT2D eigenvalue weighted by atomic mass is 16.2. The lowest BCUT2D eigenvalue weighted by Crippen LogP contribution is -2.47. The molecule has 0 atom stereocenters. The van der Waals surface area contributed by atoms with Crippen LogP contribution in [0.25, 0.3) is 0 Å². The summed E-state index contributed by atoms with van der Waals surface area (Å²) in [5.74, 6) is 1.81. The van der Waals surface area contributed by atoms with Crippen LogP contribution in [0.1, 0.15) is 28.8 Å². The average molecular weight is 379 g/mol. The van der Waals surface area contributed by atoms with Crippen molar-refractivity contribution in [3.63, 3.8) is 0 Å². The van der Waals surface area contributed by atoms with Gasteiger partial charge in [0.25, 0.3) is 5.91 Å². The van der Waals surface area contributed by atoms with Crippen LogP contribution in [-0.2, 0) is 6.42 Å². The van der Waals surface area contributed by atoms with Gasteiger partial charge in [-0.2, -0.15) is 0 Å². The number of pyridine rings is 1. The van der Waals surface area contributed by atoms with Gasteiger partial charge >= 0.3 is 0 Å². The second-order valence-electron chi connectivity index (χ2n) is 8.12. The average Bonchev–Trinajstić information content (AvgIpc) is 2.75. The molecule has 0 aliphatic carbocycles. The van der Waals surface area contributed by atoms with Gasteiger partial charge in [-0.25, -0.2) is 4.98 Å². The van der Waals surface area contributed by atoms with E-state index >= 15 is 0 Å². The van der Waals surface area contributed by atoms with Crippen molar-refractivity contribution in [1.29, 1.82) is 0 Å². The number of benzene rings is 1. The monoisotopic (exact) mass is 378 g/mol. The molecule has 2 aliphatic rings. The number of likely N-dealkylation sites (N-methyl/N-ethyl adjacent to an activating group) is 1. The Labute approximate surface area is 168 Å². The smallest absolute Gasteiger partial charge is 0.254 e. The Kier molecular flexibility index (Phi) is 5.91. The summed E-state index contributed by atoms with van der Waals surface area (Å²) in [7, 11) is 2.10. The number of nitrogens with zero attached hydrogens (tertiary/aromatic N) is 4. The summed E-state index contributed by atoms with van der Waals surface area (Å²) in [4.78, 5) is 24.0. The van der Waals surface area contributed by atoms with Gasteiger partial charge in [0.1, 0.15) is 5.82 Å². The van der Waals surface area contributed by atoms with Crippen LogP contribution in [0.3, 0.4) is 0 Å². The van der Waals surface area contributed by atoms with Gasteiger partial charge in [0, 0.05) is 51.0 Å². The number of aromatic nitrogens is 1. The molecule has 1 aromatic carbocycles. The third-order valence-electron chi connectivity index (χ3n) is 6.09. The first kappa shape index (κ1) is 18.9. The predicted molar refractivity (Wildman–Crippen MR) is 113 cm³/mol. The molecular weight excluding hydrogens is 348 g/mol. The van der Waals surface area contributed by atoms with E-state index in [4.69, 9.17) is 0 Å². The van der Waals surface area contributed by atoms with Crippen molar-refractivity contribution in [3.05, 3.63) is 59.8 Å². The van der Waals surface area contributed by atoms with Gasteiger partial charge in [0.15, 0.2) is 0 Å². The summed E-state index contributed by atoms with van der Waals surface area (Å²) in [5, 5.41) is 0. The maximum Gasteiger partial charge on any atom is 0.254 e. The maximum absolute atomic E-state index is 12.9. The minimum Gasteiger partial charge on any atom is -0.357 e. The lowest BCUT2D eigenvalue weighted by atomic mass is 9.90. The molecule has 5 nitrogen and oxygen atoms in total. The molecule has 5 heteroatoms. The number of piperazine rings is 1. The number of hydrogen-bond acceptors (Lipinski definition) is 4. The zero-order valence-corrected chi connectivity index (χ0v) is 16.8. The van der Waals surface area contributed by atoms with Crippen LogP contribution >= 0.6 is 0 Å². The standard InChI is InChI=1S/C23H30N4O/c1-25-13-15-27(16-14-25)23(28)21-7-10-24-22(18-21)26-11-8-20(9-12-26)17-19-5-3-2-4-6-19/h2-7,10,18,20H,8-9,11-17H2,1H3. The molecular formula is C23H30N4O. The Bertz CT molecular complexity index is 778. The molecule has 2 aromatic rings. The molecule has 0 spiro atoms. The number of amides is 1. The van der Waals surface area contributed by atoms with Crippen molar-refractivity contribution in [2.24, 2.45) is 5.92 Å². The van der Waals surface area contributed by atoms with Crippen LogP contribution in [0.2, 0.25) is 0 Å². The van der Waals surface area contributed by atoms with Gasteiger partial charge < -0.3 is 14.7 Å². The second kappa shape index (κ2) is 8.74. The number of piperidine rings is 1. The van der Waals surface area contributed by atoms with Gasteiger partial charge in [-0.3, -0.25) is 4.79 Å². The predicted octanol–water partition coefficient (Wildman–Crippen LogP) is 2.93. The molecule has 2 fully saturated rings. The van der Waals surface area contributed by atoms with Gasteiger partial charge in [-0.1, -0.05) is 30.3 Å². The molecule has 0 saturated carbocycles. The summed E-state index contributed by atoms with van der Waals surface area (Å²) < 4.78 is 0. The molecule has 2 saturated heterocycles. The molecule has 0 N–H and O–H groups in total. The quantitative estimate of drug-likeness (QED) is 0.820. The fourth-order valence-electron chi connectivity index (χ4n) is 4.23. The van der Waals surface area contributed by atoms with E-state index in [-0.39, 0.29) is 5.91 Å². The number of rotatable bonds is 4. The summed E-state index contributed by atoms with van der Waals surface area (Å²) in [6, 6.07) is 14.6. The minimum atomic E-state index is 0.135. The molecule has 1 amide bonds. The van der Waals surface area contributed by atoms with E-state index in [2.05, 4.69) is 52.2 Å². The molecule has 28 heavy (non-hydrogen) atoms. The van der Waals surface area contributed by atoms with E-state index in [1.54, 1.807) is 6.20 Å². The molecule has 3 heterocycles. The fourth-order valence-corrected chi connectivity index (χ4v) is 4.23. The van der Waals surface area contributed by atoms with Gasteiger partial charge in [-0.05, 0) is 49.9 Å². The Morgan fingerprint density at radius 1 is 1.00 bits per heavy atom. The molecule has 0 unspecified atom stereocenters. The van der Waals surface area contributed by atoms with Crippen LogP contribution in [0, 0.1) is 5.92 Å². The molecule has 0 bridgehead atoms. The van der Waals surface area contributed by atoms with Crippen molar-refractivity contribution < 1.29 is 4.79 Å². The summed E-state index contributed by atoms with van der Waals surface area (Å²) in [6.45, 7) is 5.51. The maximum atomic E-state index is 12.9. The Morgan fingerprint density at radius 2 is 1.71 bits per heavy atom. The second-order valence-corrected chi connectivity index (χ2v) is 8.12. The first-order chi connectivity index (χ1) is 13.7. The van der Waals surface area contributed by atoms with Gasteiger partial charge in [0.05, 0.1) is 0 Å².